The van der Waals surface area contributed by atoms with E-state index in [0.29, 0.717) is 16.9 Å². The summed E-state index contributed by atoms with van der Waals surface area (Å²) in [6.07, 6.45) is 0. The molecule has 0 bridgehead atoms. The van der Waals surface area contributed by atoms with Crippen LogP contribution in [0.15, 0.2) is 36.4 Å². The number of benzene rings is 2. The van der Waals surface area contributed by atoms with Crippen LogP contribution in [0.1, 0.15) is 5.56 Å². The third-order valence-electron chi connectivity index (χ3n) is 3.31. The van der Waals surface area contributed by atoms with E-state index in [-0.39, 0.29) is 18.0 Å². The van der Waals surface area contributed by atoms with Crippen LogP contribution in [0.4, 0.5) is 21.5 Å². The molecule has 0 aliphatic carbocycles. The molecule has 0 unspecified atom stereocenters. The first kappa shape index (κ1) is 17.2. The highest BCUT2D eigenvalue weighted by Gasteiger charge is 2.12. The SMILES string of the molecule is COc1cc(F)ccc1NCC(=O)Nc1cc([N+](=O)[O-])ccc1C. The van der Waals surface area contributed by atoms with Crippen molar-refractivity contribution >= 4 is 23.0 Å². The average molecular weight is 333 g/mol. The quantitative estimate of drug-likeness (QED) is 0.626. The molecule has 0 aromatic heterocycles. The number of hydrogen-bond donors (Lipinski definition) is 2. The molecular formula is C16H16FN3O4. The Morgan fingerprint density at radius 2 is 2.00 bits per heavy atom. The van der Waals surface area contributed by atoms with Gasteiger partial charge in [-0.15, -0.1) is 0 Å². The molecule has 0 aliphatic heterocycles. The van der Waals surface area contributed by atoms with Crippen molar-refractivity contribution < 1.29 is 18.8 Å². The van der Waals surface area contributed by atoms with E-state index in [9.17, 15) is 19.3 Å². The second-order valence-corrected chi connectivity index (χ2v) is 5.00. The lowest BCUT2D eigenvalue weighted by Gasteiger charge is -2.12. The fraction of sp³-hybridized carbons (Fsp3) is 0.188. The van der Waals surface area contributed by atoms with E-state index in [1.54, 1.807) is 13.0 Å². The number of nitro benzene ring substituents is 1. The van der Waals surface area contributed by atoms with Gasteiger partial charge in [-0.2, -0.15) is 0 Å². The number of nitrogens with zero attached hydrogens (tertiary/aromatic N) is 1. The molecule has 1 amide bonds. The molecule has 2 N–H and O–H groups in total. The minimum Gasteiger partial charge on any atom is -0.494 e. The zero-order chi connectivity index (χ0) is 17.7. The van der Waals surface area contributed by atoms with E-state index in [1.165, 1.54) is 37.4 Å². The topological polar surface area (TPSA) is 93.5 Å². The Bertz CT molecular complexity index is 780. The minimum atomic E-state index is -0.531. The molecule has 24 heavy (non-hydrogen) atoms. The number of non-ortho nitro benzene ring substituents is 1. The van der Waals surface area contributed by atoms with E-state index in [1.807, 2.05) is 0 Å². The maximum Gasteiger partial charge on any atom is 0.271 e. The Kier molecular flexibility index (Phi) is 5.31. The Morgan fingerprint density at radius 3 is 2.67 bits per heavy atom. The Hall–Kier alpha value is -3.16. The number of anilines is 2. The summed E-state index contributed by atoms with van der Waals surface area (Å²) < 4.78 is 18.2. The van der Waals surface area contributed by atoms with Gasteiger partial charge in [-0.25, -0.2) is 4.39 Å². The normalized spacial score (nSPS) is 10.1. The third-order valence-corrected chi connectivity index (χ3v) is 3.31. The van der Waals surface area contributed by atoms with Crippen molar-refractivity contribution in [2.24, 2.45) is 0 Å². The predicted octanol–water partition coefficient (Wildman–Crippen LogP) is 3.10. The number of methoxy groups -OCH3 is 1. The van der Waals surface area contributed by atoms with Crippen molar-refractivity contribution in [3.63, 3.8) is 0 Å². The first-order valence-corrected chi connectivity index (χ1v) is 7.03. The summed E-state index contributed by atoms with van der Waals surface area (Å²) in [6, 6.07) is 8.13. The van der Waals surface area contributed by atoms with E-state index in [4.69, 9.17) is 4.74 Å². The molecule has 0 heterocycles. The van der Waals surface area contributed by atoms with Gasteiger partial charge < -0.3 is 15.4 Å². The number of aryl methyl sites for hydroxylation is 1. The molecule has 2 aromatic rings. The summed E-state index contributed by atoms with van der Waals surface area (Å²) in [5, 5.41) is 16.2. The van der Waals surface area contributed by atoms with Gasteiger partial charge in [0.25, 0.3) is 5.69 Å². The molecule has 0 atom stereocenters. The maximum absolute atomic E-state index is 13.1. The van der Waals surface area contributed by atoms with Crippen molar-refractivity contribution in [3.8, 4) is 5.75 Å². The molecule has 0 aliphatic rings. The molecule has 126 valence electrons. The fourth-order valence-corrected chi connectivity index (χ4v) is 2.04. The Morgan fingerprint density at radius 1 is 1.25 bits per heavy atom. The fourth-order valence-electron chi connectivity index (χ4n) is 2.04. The first-order chi connectivity index (χ1) is 11.4. The number of nitrogens with one attached hydrogen (secondary N) is 2. The summed E-state index contributed by atoms with van der Waals surface area (Å²) in [7, 11) is 1.40. The van der Waals surface area contributed by atoms with E-state index in [2.05, 4.69) is 10.6 Å². The zero-order valence-corrected chi connectivity index (χ0v) is 13.1. The van der Waals surface area contributed by atoms with Crippen LogP contribution in [0.2, 0.25) is 0 Å². The lowest BCUT2D eigenvalue weighted by Crippen LogP contribution is -2.22. The smallest absolute Gasteiger partial charge is 0.271 e. The molecule has 2 rings (SSSR count). The lowest BCUT2D eigenvalue weighted by molar-refractivity contribution is -0.384. The zero-order valence-electron chi connectivity index (χ0n) is 13.1. The highest BCUT2D eigenvalue weighted by molar-refractivity contribution is 5.94. The first-order valence-electron chi connectivity index (χ1n) is 7.03. The monoisotopic (exact) mass is 333 g/mol. The highest BCUT2D eigenvalue weighted by Crippen LogP contribution is 2.25. The van der Waals surface area contributed by atoms with Crippen LogP contribution in [0.25, 0.3) is 0 Å². The summed E-state index contributed by atoms with van der Waals surface area (Å²) in [5.41, 5.74) is 1.42. The molecule has 7 nitrogen and oxygen atoms in total. The van der Waals surface area contributed by atoms with Crippen LogP contribution in [0.3, 0.4) is 0 Å². The minimum absolute atomic E-state index is 0.107. The van der Waals surface area contributed by atoms with E-state index >= 15 is 0 Å². The van der Waals surface area contributed by atoms with E-state index in [0.717, 1.165) is 0 Å². The molecule has 0 radical (unpaired) electrons. The lowest BCUT2D eigenvalue weighted by atomic mass is 10.2. The second kappa shape index (κ2) is 7.40. The number of hydrogen-bond acceptors (Lipinski definition) is 5. The number of carbonyl (C=O) groups excluding carboxylic acids is 1. The second-order valence-electron chi connectivity index (χ2n) is 5.00. The largest absolute Gasteiger partial charge is 0.494 e. The van der Waals surface area contributed by atoms with Crippen LogP contribution in [0, 0.1) is 22.9 Å². The van der Waals surface area contributed by atoms with Crippen molar-refractivity contribution in [1.29, 1.82) is 0 Å². The number of ether oxygens (including phenoxy) is 1. The molecule has 0 saturated heterocycles. The van der Waals surface area contributed by atoms with Gasteiger partial charge in [-0.3, -0.25) is 14.9 Å². The van der Waals surface area contributed by atoms with Gasteiger partial charge in [0.15, 0.2) is 0 Å². The number of rotatable bonds is 6. The van der Waals surface area contributed by atoms with Gasteiger partial charge in [0.05, 0.1) is 30.0 Å². The number of carbonyl (C=O) groups is 1. The predicted molar refractivity (Wildman–Crippen MR) is 87.9 cm³/mol. The van der Waals surface area contributed by atoms with E-state index < -0.39 is 16.6 Å². The van der Waals surface area contributed by atoms with Gasteiger partial charge in [-0.1, -0.05) is 6.07 Å². The van der Waals surface area contributed by atoms with Gasteiger partial charge >= 0.3 is 0 Å². The standard InChI is InChI=1S/C16H16FN3O4/c1-10-3-5-12(20(22)23)8-14(10)19-16(21)9-18-13-6-4-11(17)7-15(13)24-2/h3-8,18H,9H2,1-2H3,(H,19,21). The molecule has 0 saturated carbocycles. The number of amides is 1. The van der Waals surface area contributed by atoms with Gasteiger partial charge in [0.2, 0.25) is 5.91 Å². The van der Waals surface area contributed by atoms with Gasteiger partial charge in [-0.05, 0) is 24.6 Å². The van der Waals surface area contributed by atoms with Gasteiger partial charge in [0, 0.05) is 18.2 Å². The van der Waals surface area contributed by atoms with Crippen molar-refractivity contribution in [2.45, 2.75) is 6.92 Å². The molecule has 8 heteroatoms. The van der Waals surface area contributed by atoms with Gasteiger partial charge in [0.1, 0.15) is 11.6 Å². The molecule has 0 spiro atoms. The Balaban J connectivity index is 2.04. The van der Waals surface area contributed by atoms with Crippen molar-refractivity contribution in [3.05, 3.63) is 57.9 Å². The van der Waals surface area contributed by atoms with Crippen LogP contribution in [0.5, 0.6) is 5.75 Å². The molecule has 0 fully saturated rings. The van der Waals surface area contributed by atoms with Crippen LogP contribution < -0.4 is 15.4 Å². The molecular weight excluding hydrogens is 317 g/mol. The van der Waals surface area contributed by atoms with Crippen molar-refractivity contribution in [2.75, 3.05) is 24.3 Å². The van der Waals surface area contributed by atoms with Crippen LogP contribution >= 0.6 is 0 Å². The van der Waals surface area contributed by atoms with Crippen molar-refractivity contribution in [1.82, 2.24) is 0 Å². The molecule has 2 aromatic carbocycles. The Labute approximate surface area is 137 Å². The highest BCUT2D eigenvalue weighted by atomic mass is 19.1. The summed E-state index contributed by atoms with van der Waals surface area (Å²) >= 11 is 0. The average Bonchev–Trinajstić information content (AvgIpc) is 2.55. The summed E-state index contributed by atoms with van der Waals surface area (Å²) in [6.45, 7) is 1.62. The third kappa shape index (κ3) is 4.19. The summed E-state index contributed by atoms with van der Waals surface area (Å²) in [5.74, 6) is -0.576. The van der Waals surface area contributed by atoms with Crippen LogP contribution in [-0.4, -0.2) is 24.5 Å². The number of nitro groups is 1. The number of halogens is 1. The van der Waals surface area contributed by atoms with Crippen LogP contribution in [-0.2, 0) is 4.79 Å². The maximum atomic E-state index is 13.1. The summed E-state index contributed by atoms with van der Waals surface area (Å²) in [4.78, 5) is 22.3.